The molecule has 1 rings (SSSR count). The van der Waals surface area contributed by atoms with Crippen LogP contribution in [0.3, 0.4) is 0 Å². The van der Waals surface area contributed by atoms with Crippen molar-refractivity contribution in [2.75, 3.05) is 7.11 Å². The lowest BCUT2D eigenvalue weighted by Gasteiger charge is -2.12. The predicted octanol–water partition coefficient (Wildman–Crippen LogP) is 3.93. The second-order valence-electron chi connectivity index (χ2n) is 3.26. The smallest absolute Gasteiger partial charge is 0.0959 e. The molecule has 1 nitrogen and oxygen atoms in total. The molecule has 0 aromatic heterocycles. The number of ether oxygens (including phenoxy) is 1. The van der Waals surface area contributed by atoms with Gasteiger partial charge < -0.3 is 4.74 Å². The van der Waals surface area contributed by atoms with E-state index in [0.717, 1.165) is 23.1 Å². The fourth-order valence-corrected chi connectivity index (χ4v) is 1.72. The van der Waals surface area contributed by atoms with Gasteiger partial charge in [-0.25, -0.2) is 0 Å². The van der Waals surface area contributed by atoms with Crippen molar-refractivity contribution in [3.05, 3.63) is 33.5 Å². The monoisotopic (exact) mass is 242 g/mol. The Balaban J connectivity index is 2.95. The number of hydrogen-bond donors (Lipinski definition) is 0. The van der Waals surface area contributed by atoms with Crippen LogP contribution in [-0.4, -0.2) is 7.11 Å². The maximum absolute atomic E-state index is 5.23. The number of methoxy groups -OCH3 is 1. The molecule has 1 aliphatic rings. The van der Waals surface area contributed by atoms with E-state index in [9.17, 15) is 0 Å². The maximum atomic E-state index is 5.23. The summed E-state index contributed by atoms with van der Waals surface area (Å²) < 4.78 is 6.38. The molecule has 0 N–H and O–H groups in total. The van der Waals surface area contributed by atoms with Gasteiger partial charge in [0.1, 0.15) is 0 Å². The van der Waals surface area contributed by atoms with Gasteiger partial charge in [0, 0.05) is 10.9 Å². The molecule has 0 atom stereocenters. The van der Waals surface area contributed by atoms with Crippen LogP contribution in [-0.2, 0) is 4.74 Å². The van der Waals surface area contributed by atoms with E-state index < -0.39 is 0 Å². The van der Waals surface area contributed by atoms with Gasteiger partial charge in [-0.3, -0.25) is 0 Å². The highest BCUT2D eigenvalue weighted by Gasteiger charge is 2.05. The summed E-state index contributed by atoms with van der Waals surface area (Å²) >= 11 is 3.54. The van der Waals surface area contributed by atoms with Crippen molar-refractivity contribution in [2.24, 2.45) is 0 Å². The summed E-state index contributed by atoms with van der Waals surface area (Å²) in [6, 6.07) is 0. The van der Waals surface area contributed by atoms with E-state index in [1.165, 1.54) is 11.1 Å². The molecule has 0 aromatic carbocycles. The van der Waals surface area contributed by atoms with Gasteiger partial charge in [0.05, 0.1) is 12.9 Å². The van der Waals surface area contributed by atoms with Gasteiger partial charge in [-0.05, 0) is 38.0 Å². The number of hydrogen-bond acceptors (Lipinski definition) is 1. The normalized spacial score (nSPS) is 18.8. The van der Waals surface area contributed by atoms with E-state index in [-0.39, 0.29) is 0 Å². The Hall–Kier alpha value is -0.500. The van der Waals surface area contributed by atoms with E-state index in [4.69, 9.17) is 4.74 Å². The molecule has 0 radical (unpaired) electrons. The minimum absolute atomic E-state index is 0.996. The molecule has 72 valence electrons. The van der Waals surface area contributed by atoms with Crippen molar-refractivity contribution in [2.45, 2.75) is 26.7 Å². The van der Waals surface area contributed by atoms with Gasteiger partial charge in [0.25, 0.3) is 0 Å². The van der Waals surface area contributed by atoms with Crippen molar-refractivity contribution in [1.82, 2.24) is 0 Å². The van der Waals surface area contributed by atoms with E-state index in [2.05, 4.69) is 35.9 Å². The summed E-state index contributed by atoms with van der Waals surface area (Å²) in [6.07, 6.45) is 6.15. The Kier molecular flexibility index (Phi) is 3.79. The van der Waals surface area contributed by atoms with Gasteiger partial charge in [-0.1, -0.05) is 21.5 Å². The van der Waals surface area contributed by atoms with Crippen LogP contribution in [0.25, 0.3) is 0 Å². The molecule has 0 fully saturated rings. The van der Waals surface area contributed by atoms with Crippen molar-refractivity contribution in [3.8, 4) is 0 Å². The van der Waals surface area contributed by atoms with Gasteiger partial charge in [0.2, 0.25) is 0 Å². The molecule has 0 saturated carbocycles. The maximum Gasteiger partial charge on any atom is 0.0959 e. The molecule has 0 heterocycles. The fraction of sp³-hybridized carbons (Fsp3) is 0.455. The second-order valence-corrected chi connectivity index (χ2v) is 4.11. The molecular weight excluding hydrogens is 228 g/mol. The minimum atomic E-state index is 0.996. The second kappa shape index (κ2) is 4.66. The summed E-state index contributed by atoms with van der Waals surface area (Å²) in [4.78, 5) is 0. The van der Waals surface area contributed by atoms with Crippen LogP contribution < -0.4 is 0 Å². The van der Waals surface area contributed by atoms with Crippen molar-refractivity contribution in [3.63, 3.8) is 0 Å². The zero-order chi connectivity index (χ0) is 9.84. The third-order valence-corrected chi connectivity index (χ3v) is 3.28. The summed E-state index contributed by atoms with van der Waals surface area (Å²) in [6.45, 7) is 4.31. The average Bonchev–Trinajstić information content (AvgIpc) is 2.14. The zero-order valence-corrected chi connectivity index (χ0v) is 9.94. The fourth-order valence-electron chi connectivity index (χ4n) is 1.25. The molecule has 0 saturated heterocycles. The topological polar surface area (TPSA) is 9.23 Å². The first-order valence-electron chi connectivity index (χ1n) is 4.42. The molecule has 0 spiro atoms. The molecule has 0 aromatic rings. The third kappa shape index (κ3) is 2.73. The predicted molar refractivity (Wildman–Crippen MR) is 59.7 cm³/mol. The first-order valence-corrected chi connectivity index (χ1v) is 5.21. The molecular formula is C11H15BrO. The SMILES string of the molecule is COC1=CC=C(Br)C(C)=C(C)CC1. The molecule has 0 bridgehead atoms. The van der Waals surface area contributed by atoms with Crippen LogP contribution in [0, 0.1) is 0 Å². The summed E-state index contributed by atoms with van der Waals surface area (Å²) in [7, 11) is 1.72. The summed E-state index contributed by atoms with van der Waals surface area (Å²) in [5.41, 5.74) is 2.76. The molecule has 13 heavy (non-hydrogen) atoms. The van der Waals surface area contributed by atoms with Crippen LogP contribution in [0.5, 0.6) is 0 Å². The van der Waals surface area contributed by atoms with Crippen molar-refractivity contribution >= 4 is 15.9 Å². The zero-order valence-electron chi connectivity index (χ0n) is 8.36. The standard InChI is InChI=1S/C11H15BrO/c1-8-4-5-10(13-3)6-7-11(12)9(8)2/h6-7H,4-5H2,1-3H3. The molecule has 0 amide bonds. The van der Waals surface area contributed by atoms with E-state index >= 15 is 0 Å². The van der Waals surface area contributed by atoms with Crippen LogP contribution >= 0.6 is 15.9 Å². The van der Waals surface area contributed by atoms with Crippen molar-refractivity contribution in [1.29, 1.82) is 0 Å². The highest BCUT2D eigenvalue weighted by atomic mass is 79.9. The lowest BCUT2D eigenvalue weighted by molar-refractivity contribution is 0.277. The first kappa shape index (κ1) is 10.6. The third-order valence-electron chi connectivity index (χ3n) is 2.42. The molecule has 0 unspecified atom stereocenters. The Morgan fingerprint density at radius 2 is 1.92 bits per heavy atom. The highest BCUT2D eigenvalue weighted by Crippen LogP contribution is 2.26. The number of halogens is 1. The Morgan fingerprint density at radius 1 is 1.23 bits per heavy atom. The Bertz CT molecular complexity index is 284. The van der Waals surface area contributed by atoms with Crippen LogP contribution in [0.1, 0.15) is 26.7 Å². The number of allylic oxidation sites excluding steroid dienone is 6. The molecule has 1 aliphatic carbocycles. The largest absolute Gasteiger partial charge is 0.501 e. The number of rotatable bonds is 1. The van der Waals surface area contributed by atoms with Gasteiger partial charge in [-0.2, -0.15) is 0 Å². The van der Waals surface area contributed by atoms with Crippen LogP contribution in [0.2, 0.25) is 0 Å². The van der Waals surface area contributed by atoms with E-state index in [1.54, 1.807) is 7.11 Å². The average molecular weight is 243 g/mol. The lowest BCUT2D eigenvalue weighted by atomic mass is 10.0. The van der Waals surface area contributed by atoms with E-state index in [1.807, 2.05) is 6.08 Å². The Labute approximate surface area is 88.3 Å². The van der Waals surface area contributed by atoms with Crippen LogP contribution in [0.15, 0.2) is 33.5 Å². The summed E-state index contributed by atoms with van der Waals surface area (Å²) in [5.74, 6) is 1.05. The highest BCUT2D eigenvalue weighted by molar-refractivity contribution is 9.12. The summed E-state index contributed by atoms with van der Waals surface area (Å²) in [5, 5.41) is 0. The molecule has 0 aliphatic heterocycles. The van der Waals surface area contributed by atoms with Gasteiger partial charge >= 0.3 is 0 Å². The quantitative estimate of drug-likeness (QED) is 0.678. The lowest BCUT2D eigenvalue weighted by Crippen LogP contribution is -1.93. The minimum Gasteiger partial charge on any atom is -0.501 e. The first-order chi connectivity index (χ1) is 6.15. The van der Waals surface area contributed by atoms with Crippen molar-refractivity contribution < 1.29 is 4.74 Å². The van der Waals surface area contributed by atoms with Crippen LogP contribution in [0.4, 0.5) is 0 Å². The van der Waals surface area contributed by atoms with Gasteiger partial charge in [0.15, 0.2) is 0 Å². The molecule has 2 heteroatoms. The van der Waals surface area contributed by atoms with Gasteiger partial charge in [-0.15, -0.1) is 0 Å². The van der Waals surface area contributed by atoms with E-state index in [0.29, 0.717) is 0 Å². The Morgan fingerprint density at radius 3 is 2.54 bits per heavy atom.